The molecule has 1 atom stereocenters. The molecule has 0 heterocycles. The average molecular weight is 255 g/mol. The molecule has 0 aliphatic carbocycles. The monoisotopic (exact) mass is 255 g/mol. The van der Waals surface area contributed by atoms with Crippen molar-refractivity contribution < 1.29 is 4.74 Å². The number of rotatable bonds is 6. The molecule has 0 fully saturated rings. The van der Waals surface area contributed by atoms with Crippen LogP contribution in [0.2, 0.25) is 0 Å². The summed E-state index contributed by atoms with van der Waals surface area (Å²) in [6.45, 7) is 2.74. The molecule has 2 rings (SSSR count). The number of hydrogen-bond donors (Lipinski definition) is 1. The Hall–Kier alpha value is -1.80. The highest BCUT2D eigenvalue weighted by Crippen LogP contribution is 2.29. The summed E-state index contributed by atoms with van der Waals surface area (Å²) in [6.07, 6.45) is 1.98. The molecule has 2 aromatic rings. The van der Waals surface area contributed by atoms with Gasteiger partial charge in [-0.05, 0) is 31.4 Å². The largest absolute Gasteiger partial charge is 0.493 e. The summed E-state index contributed by atoms with van der Waals surface area (Å²) < 4.78 is 5.89. The highest BCUT2D eigenvalue weighted by Gasteiger charge is 2.05. The van der Waals surface area contributed by atoms with E-state index < -0.39 is 0 Å². The summed E-state index contributed by atoms with van der Waals surface area (Å²) >= 11 is 0. The van der Waals surface area contributed by atoms with Gasteiger partial charge in [0, 0.05) is 11.6 Å². The molecule has 0 bridgehead atoms. The quantitative estimate of drug-likeness (QED) is 0.795. The van der Waals surface area contributed by atoms with Gasteiger partial charge in [0.25, 0.3) is 0 Å². The van der Waals surface area contributed by atoms with E-state index in [0.717, 1.165) is 24.2 Å². The Balaban J connectivity index is 2.05. The molecule has 0 aliphatic heterocycles. The van der Waals surface area contributed by atoms with E-state index in [2.05, 4.69) is 18.2 Å². The topological polar surface area (TPSA) is 35.2 Å². The van der Waals surface area contributed by atoms with Crippen LogP contribution >= 0.6 is 0 Å². The fourth-order valence-corrected chi connectivity index (χ4v) is 2.04. The second-order valence-corrected chi connectivity index (χ2v) is 4.83. The van der Waals surface area contributed by atoms with E-state index in [4.69, 9.17) is 10.5 Å². The molecule has 0 amide bonds. The Bertz CT molecular complexity index is 494. The third kappa shape index (κ3) is 4.11. The maximum atomic E-state index is 5.89. The zero-order valence-electron chi connectivity index (χ0n) is 11.4. The average Bonchev–Trinajstić information content (AvgIpc) is 2.45. The Kier molecular flexibility index (Phi) is 4.99. The lowest BCUT2D eigenvalue weighted by Crippen LogP contribution is -2.15. The van der Waals surface area contributed by atoms with Crippen LogP contribution in [0.4, 0.5) is 0 Å². The Morgan fingerprint density at radius 3 is 2.42 bits per heavy atom. The summed E-state index contributed by atoms with van der Waals surface area (Å²) in [5.41, 5.74) is 8.07. The zero-order chi connectivity index (χ0) is 13.5. The first-order chi connectivity index (χ1) is 9.27. The first-order valence-electron chi connectivity index (χ1n) is 6.80. The summed E-state index contributed by atoms with van der Waals surface area (Å²) in [5, 5.41) is 0. The van der Waals surface area contributed by atoms with Crippen molar-refractivity contribution in [1.29, 1.82) is 0 Å². The second kappa shape index (κ2) is 6.95. The van der Waals surface area contributed by atoms with Gasteiger partial charge in [-0.2, -0.15) is 0 Å². The molecule has 2 aromatic carbocycles. The summed E-state index contributed by atoms with van der Waals surface area (Å²) in [7, 11) is 0. The molecule has 19 heavy (non-hydrogen) atoms. The highest BCUT2D eigenvalue weighted by atomic mass is 16.5. The van der Waals surface area contributed by atoms with Crippen molar-refractivity contribution in [2.24, 2.45) is 5.73 Å². The van der Waals surface area contributed by atoms with Crippen molar-refractivity contribution in [1.82, 2.24) is 0 Å². The summed E-state index contributed by atoms with van der Waals surface area (Å²) in [5.74, 6) is 0.943. The van der Waals surface area contributed by atoms with E-state index >= 15 is 0 Å². The van der Waals surface area contributed by atoms with Crippen LogP contribution in [0.1, 0.15) is 19.8 Å². The molecule has 0 saturated carbocycles. The second-order valence-electron chi connectivity index (χ2n) is 4.83. The molecule has 1 unspecified atom stereocenters. The van der Waals surface area contributed by atoms with Gasteiger partial charge < -0.3 is 10.5 Å². The molecule has 0 spiro atoms. The third-order valence-electron chi connectivity index (χ3n) is 3.03. The zero-order valence-corrected chi connectivity index (χ0v) is 11.4. The Morgan fingerprint density at radius 2 is 1.68 bits per heavy atom. The van der Waals surface area contributed by atoms with E-state index in [9.17, 15) is 0 Å². The van der Waals surface area contributed by atoms with Crippen LogP contribution in [0.3, 0.4) is 0 Å². The lowest BCUT2D eigenvalue weighted by atomic mass is 10.1. The smallest absolute Gasteiger partial charge is 0.127 e. The van der Waals surface area contributed by atoms with Crippen molar-refractivity contribution in [2.75, 3.05) is 6.61 Å². The molecule has 0 radical (unpaired) electrons. The normalized spacial score (nSPS) is 12.1. The minimum atomic E-state index is 0.243. The van der Waals surface area contributed by atoms with Gasteiger partial charge in [0.15, 0.2) is 0 Å². The molecule has 2 N–H and O–H groups in total. The SMILES string of the molecule is CC(N)CCCOc1ccccc1-c1ccccc1. The van der Waals surface area contributed by atoms with Crippen LogP contribution in [0.15, 0.2) is 54.6 Å². The molecule has 0 aliphatic rings. The lowest BCUT2D eigenvalue weighted by Gasteiger charge is -2.12. The van der Waals surface area contributed by atoms with Gasteiger partial charge in [0.1, 0.15) is 5.75 Å². The van der Waals surface area contributed by atoms with Crippen LogP contribution in [0.25, 0.3) is 11.1 Å². The Morgan fingerprint density at radius 1 is 1.00 bits per heavy atom. The van der Waals surface area contributed by atoms with Crippen molar-refractivity contribution >= 4 is 0 Å². The fraction of sp³-hybridized carbons (Fsp3) is 0.294. The van der Waals surface area contributed by atoms with Crippen LogP contribution < -0.4 is 10.5 Å². The van der Waals surface area contributed by atoms with Gasteiger partial charge in [-0.25, -0.2) is 0 Å². The predicted molar refractivity (Wildman–Crippen MR) is 80.3 cm³/mol. The van der Waals surface area contributed by atoms with Crippen molar-refractivity contribution in [3.05, 3.63) is 54.6 Å². The van der Waals surface area contributed by atoms with Crippen LogP contribution in [0.5, 0.6) is 5.75 Å². The number of hydrogen-bond acceptors (Lipinski definition) is 2. The Labute approximate surface area is 115 Å². The molecule has 100 valence electrons. The van der Waals surface area contributed by atoms with Crippen molar-refractivity contribution in [3.63, 3.8) is 0 Å². The molecular formula is C17H21NO. The van der Waals surface area contributed by atoms with E-state index in [0.29, 0.717) is 6.61 Å². The van der Waals surface area contributed by atoms with Crippen LogP contribution in [-0.2, 0) is 0 Å². The van der Waals surface area contributed by atoms with Gasteiger partial charge >= 0.3 is 0 Å². The number of nitrogens with two attached hydrogens (primary N) is 1. The first kappa shape index (κ1) is 13.6. The maximum absolute atomic E-state index is 5.89. The number of ether oxygens (including phenoxy) is 1. The standard InChI is InChI=1S/C17H21NO/c1-14(18)8-7-13-19-17-12-6-5-11-16(17)15-9-3-2-4-10-15/h2-6,9-12,14H,7-8,13,18H2,1H3. The number of benzene rings is 2. The minimum Gasteiger partial charge on any atom is -0.493 e. The molecule has 2 nitrogen and oxygen atoms in total. The maximum Gasteiger partial charge on any atom is 0.127 e. The van der Waals surface area contributed by atoms with Crippen molar-refractivity contribution in [2.45, 2.75) is 25.8 Å². The van der Waals surface area contributed by atoms with Gasteiger partial charge in [-0.15, -0.1) is 0 Å². The summed E-state index contributed by atoms with van der Waals surface area (Å²) in [6, 6.07) is 18.7. The van der Waals surface area contributed by atoms with Gasteiger partial charge in [-0.3, -0.25) is 0 Å². The molecule has 0 aromatic heterocycles. The fourth-order valence-electron chi connectivity index (χ4n) is 2.04. The lowest BCUT2D eigenvalue weighted by molar-refractivity contribution is 0.304. The minimum absolute atomic E-state index is 0.243. The van der Waals surface area contributed by atoms with E-state index in [1.165, 1.54) is 5.56 Å². The molecule has 2 heteroatoms. The predicted octanol–water partition coefficient (Wildman–Crippen LogP) is 3.86. The van der Waals surface area contributed by atoms with E-state index in [-0.39, 0.29) is 6.04 Å². The van der Waals surface area contributed by atoms with Crippen molar-refractivity contribution in [3.8, 4) is 16.9 Å². The third-order valence-corrected chi connectivity index (χ3v) is 3.03. The van der Waals surface area contributed by atoms with E-state index in [1.807, 2.05) is 43.3 Å². The number of para-hydroxylation sites is 1. The van der Waals surface area contributed by atoms with Crippen LogP contribution in [-0.4, -0.2) is 12.6 Å². The molecule has 0 saturated heterocycles. The van der Waals surface area contributed by atoms with Gasteiger partial charge in [0.2, 0.25) is 0 Å². The molecular weight excluding hydrogens is 234 g/mol. The van der Waals surface area contributed by atoms with Gasteiger partial charge in [0.05, 0.1) is 6.61 Å². The van der Waals surface area contributed by atoms with Gasteiger partial charge in [-0.1, -0.05) is 48.5 Å². The first-order valence-corrected chi connectivity index (χ1v) is 6.80. The van der Waals surface area contributed by atoms with Crippen LogP contribution in [0, 0.1) is 0 Å². The van der Waals surface area contributed by atoms with E-state index in [1.54, 1.807) is 0 Å². The summed E-state index contributed by atoms with van der Waals surface area (Å²) in [4.78, 5) is 0. The highest BCUT2D eigenvalue weighted by molar-refractivity contribution is 5.70.